The van der Waals surface area contributed by atoms with Crippen molar-refractivity contribution in [3.05, 3.63) is 48.2 Å². The first kappa shape index (κ1) is 32.0. The Hall–Kier alpha value is -4.55. The van der Waals surface area contributed by atoms with Gasteiger partial charge in [0.05, 0.1) is 49.9 Å². The molecule has 0 saturated carbocycles. The Morgan fingerprint density at radius 1 is 1.06 bits per heavy atom. The minimum atomic E-state index is -1.35. The first-order valence-electron chi connectivity index (χ1n) is 16.5. The second-order valence-electron chi connectivity index (χ2n) is 13.1. The van der Waals surface area contributed by atoms with Crippen molar-refractivity contribution >= 4 is 29.0 Å². The first-order valence-corrected chi connectivity index (χ1v) is 16.5. The highest BCUT2D eigenvalue weighted by Crippen LogP contribution is 2.44. The van der Waals surface area contributed by atoms with Crippen molar-refractivity contribution in [2.75, 3.05) is 94.4 Å². The molecule has 1 atom stereocenters. The van der Waals surface area contributed by atoms with Gasteiger partial charge in [-0.05, 0) is 43.2 Å². The van der Waals surface area contributed by atoms with Gasteiger partial charge in [-0.15, -0.1) is 0 Å². The maximum atomic E-state index is 12.2. The predicted molar refractivity (Wildman–Crippen MR) is 178 cm³/mol. The summed E-state index contributed by atoms with van der Waals surface area (Å²) in [5, 5.41) is 32.1. The van der Waals surface area contributed by atoms with Gasteiger partial charge in [0.25, 0.3) is 5.91 Å². The number of methoxy groups -OCH3 is 1. The van der Waals surface area contributed by atoms with E-state index in [-0.39, 0.29) is 5.41 Å². The zero-order chi connectivity index (χ0) is 33.3. The quantitative estimate of drug-likeness (QED) is 0.304. The molecular weight excluding hydrogens is 614 g/mol. The van der Waals surface area contributed by atoms with Crippen molar-refractivity contribution in [1.82, 2.24) is 24.8 Å². The summed E-state index contributed by atoms with van der Waals surface area (Å²) in [7, 11) is 1.63. The van der Waals surface area contributed by atoms with Gasteiger partial charge >= 0.3 is 0 Å². The molecule has 4 aliphatic heterocycles. The minimum absolute atomic E-state index is 0.0782. The fraction of sp³-hybridized carbons (Fsp3) is 0.500. The van der Waals surface area contributed by atoms with Crippen LogP contribution in [0.15, 0.2) is 42.6 Å². The van der Waals surface area contributed by atoms with E-state index in [1.807, 2.05) is 36.4 Å². The third kappa shape index (κ3) is 6.34. The smallest absolute Gasteiger partial charge is 0.253 e. The van der Waals surface area contributed by atoms with Crippen LogP contribution in [0.25, 0.3) is 11.3 Å². The number of aliphatic hydroxyl groups is 2. The zero-order valence-electron chi connectivity index (χ0n) is 27.1. The SMILES string of the molecule is COc1nc(Nc2nccc(-c3ccc(N4CC5(CCN(C(=O)[C@@H](O)CO)CC5)C4)c(C#N)c3)n2)ccc1N1CCN(C2COC2)CC1. The number of carbonyl (C=O) groups is 1. The van der Waals surface area contributed by atoms with Gasteiger partial charge in [-0.25, -0.2) is 9.97 Å². The first-order chi connectivity index (χ1) is 23.4. The lowest BCUT2D eigenvalue weighted by Crippen LogP contribution is -2.61. The molecular formula is C34H41N9O5. The molecule has 4 fully saturated rings. The number of pyridine rings is 1. The number of carbonyl (C=O) groups excluding carboxylic acids is 1. The molecule has 1 aromatic carbocycles. The number of piperidine rings is 1. The standard InChI is InChI=1S/C34H41N9O5/c1-47-31-28(41-14-12-40(13-15-41)25-19-48-20-25)4-5-30(38-31)39-33-36-9-6-26(37-33)23-2-3-27(24(16-23)17-35)43-21-34(22-43)7-10-42(11-8-34)32(46)29(45)18-44/h2-6,9,16,25,29,44-45H,7-8,10-15,18-22H2,1H3,(H,36,37,38,39)/t29-/m0/s1. The van der Waals surface area contributed by atoms with E-state index in [0.717, 1.165) is 82.3 Å². The van der Waals surface area contributed by atoms with Gasteiger partial charge in [-0.2, -0.15) is 10.2 Å². The number of benzene rings is 1. The molecule has 0 bridgehead atoms. The number of aromatic nitrogens is 3. The monoisotopic (exact) mass is 655 g/mol. The van der Waals surface area contributed by atoms with E-state index in [9.17, 15) is 15.2 Å². The zero-order valence-corrected chi connectivity index (χ0v) is 27.1. The number of aliphatic hydroxyl groups excluding tert-OH is 2. The maximum absolute atomic E-state index is 12.2. The molecule has 252 valence electrons. The number of nitrogens with one attached hydrogen (secondary N) is 1. The molecule has 2 aromatic heterocycles. The van der Waals surface area contributed by atoms with Crippen LogP contribution in [0.2, 0.25) is 0 Å². The van der Waals surface area contributed by atoms with Crippen LogP contribution in [0.1, 0.15) is 18.4 Å². The second kappa shape index (κ2) is 13.5. The molecule has 1 spiro atoms. The normalized spacial score (nSPS) is 20.1. The van der Waals surface area contributed by atoms with Gasteiger partial charge in [0, 0.05) is 69.5 Å². The summed E-state index contributed by atoms with van der Waals surface area (Å²) in [6, 6.07) is 14.4. The topological polar surface area (TPSA) is 163 Å². The molecule has 3 N–H and O–H groups in total. The Labute approximate surface area is 279 Å². The van der Waals surface area contributed by atoms with E-state index in [0.29, 0.717) is 48.0 Å². The summed E-state index contributed by atoms with van der Waals surface area (Å²) in [5.41, 5.74) is 3.96. The number of anilines is 4. The third-order valence-electron chi connectivity index (χ3n) is 10.1. The van der Waals surface area contributed by atoms with Crippen molar-refractivity contribution in [2.24, 2.45) is 5.41 Å². The van der Waals surface area contributed by atoms with Crippen LogP contribution < -0.4 is 19.9 Å². The lowest BCUT2D eigenvalue weighted by Gasteiger charge is -2.55. The lowest BCUT2D eigenvalue weighted by molar-refractivity contribution is -0.144. The Balaban J connectivity index is 0.986. The molecule has 4 saturated heterocycles. The number of nitrogens with zero attached hydrogens (tertiary/aromatic N) is 8. The molecule has 0 aliphatic carbocycles. The number of nitriles is 1. The molecule has 14 nitrogen and oxygen atoms in total. The fourth-order valence-electron chi connectivity index (χ4n) is 7.15. The summed E-state index contributed by atoms with van der Waals surface area (Å²) in [5.74, 6) is 1.08. The van der Waals surface area contributed by atoms with Gasteiger partial charge < -0.3 is 39.7 Å². The average Bonchev–Trinajstić information content (AvgIpc) is 3.09. The number of amides is 1. The highest BCUT2D eigenvalue weighted by molar-refractivity contribution is 5.81. The average molecular weight is 656 g/mol. The Morgan fingerprint density at radius 3 is 2.48 bits per heavy atom. The highest BCUT2D eigenvalue weighted by Gasteiger charge is 2.46. The van der Waals surface area contributed by atoms with Crippen molar-refractivity contribution < 1.29 is 24.5 Å². The van der Waals surface area contributed by atoms with E-state index in [2.05, 4.69) is 31.1 Å². The van der Waals surface area contributed by atoms with Crippen LogP contribution in [-0.4, -0.2) is 132 Å². The van der Waals surface area contributed by atoms with E-state index in [1.165, 1.54) is 0 Å². The third-order valence-corrected chi connectivity index (χ3v) is 10.1. The summed E-state index contributed by atoms with van der Waals surface area (Å²) in [4.78, 5) is 34.7. The molecule has 7 rings (SSSR count). The molecule has 4 aliphatic rings. The molecule has 6 heterocycles. The minimum Gasteiger partial charge on any atom is -0.479 e. The number of piperazine rings is 1. The van der Waals surface area contributed by atoms with E-state index in [1.54, 1.807) is 18.2 Å². The Kier molecular flexibility index (Phi) is 9.02. The summed E-state index contributed by atoms with van der Waals surface area (Å²) in [6.07, 6.45) is 1.97. The number of rotatable bonds is 9. The van der Waals surface area contributed by atoms with Gasteiger partial charge in [0.15, 0.2) is 6.10 Å². The van der Waals surface area contributed by atoms with Gasteiger partial charge in [-0.3, -0.25) is 9.69 Å². The van der Waals surface area contributed by atoms with Gasteiger partial charge in [-0.1, -0.05) is 6.07 Å². The maximum Gasteiger partial charge on any atom is 0.253 e. The molecule has 0 radical (unpaired) electrons. The van der Waals surface area contributed by atoms with E-state index in [4.69, 9.17) is 24.5 Å². The van der Waals surface area contributed by atoms with Crippen molar-refractivity contribution in [2.45, 2.75) is 25.0 Å². The van der Waals surface area contributed by atoms with Crippen LogP contribution in [0.4, 0.5) is 23.1 Å². The van der Waals surface area contributed by atoms with E-state index >= 15 is 0 Å². The lowest BCUT2D eigenvalue weighted by atomic mass is 9.71. The molecule has 1 amide bonds. The fourth-order valence-corrected chi connectivity index (χ4v) is 7.15. The van der Waals surface area contributed by atoms with Gasteiger partial charge in [0.2, 0.25) is 11.8 Å². The molecule has 3 aromatic rings. The molecule has 0 unspecified atom stereocenters. The van der Waals surface area contributed by atoms with Crippen molar-refractivity contribution in [1.29, 1.82) is 5.26 Å². The largest absolute Gasteiger partial charge is 0.479 e. The van der Waals surface area contributed by atoms with E-state index < -0.39 is 18.6 Å². The van der Waals surface area contributed by atoms with Crippen LogP contribution in [0.5, 0.6) is 5.88 Å². The van der Waals surface area contributed by atoms with Crippen LogP contribution in [0.3, 0.4) is 0 Å². The number of likely N-dealkylation sites (tertiary alicyclic amines) is 1. The van der Waals surface area contributed by atoms with Crippen LogP contribution in [0, 0.1) is 16.7 Å². The number of hydrogen-bond acceptors (Lipinski definition) is 13. The van der Waals surface area contributed by atoms with Crippen molar-refractivity contribution in [3.63, 3.8) is 0 Å². The van der Waals surface area contributed by atoms with Gasteiger partial charge in [0.1, 0.15) is 17.6 Å². The molecule has 48 heavy (non-hydrogen) atoms. The number of ether oxygens (including phenoxy) is 2. The highest BCUT2D eigenvalue weighted by atomic mass is 16.5. The second-order valence-corrected chi connectivity index (χ2v) is 13.1. The van der Waals surface area contributed by atoms with Crippen LogP contribution >= 0.6 is 0 Å². The Morgan fingerprint density at radius 2 is 1.81 bits per heavy atom. The molecule has 14 heteroatoms. The summed E-state index contributed by atoms with van der Waals surface area (Å²) >= 11 is 0. The number of hydrogen-bond donors (Lipinski definition) is 3. The Bertz CT molecular complexity index is 1670. The van der Waals surface area contributed by atoms with Crippen molar-refractivity contribution in [3.8, 4) is 23.2 Å². The summed E-state index contributed by atoms with van der Waals surface area (Å²) in [6.45, 7) is 7.54. The van der Waals surface area contributed by atoms with Crippen LogP contribution in [-0.2, 0) is 9.53 Å². The predicted octanol–water partition coefficient (Wildman–Crippen LogP) is 1.47. The summed E-state index contributed by atoms with van der Waals surface area (Å²) < 4.78 is 11.0.